The lowest BCUT2D eigenvalue weighted by molar-refractivity contribution is -0.000629. The van der Waals surface area contributed by atoms with E-state index in [0.717, 1.165) is 24.8 Å². The smallest absolute Gasteiger partial charge is 0.243 e. The minimum Gasteiger partial charge on any atom is -0.361 e. The van der Waals surface area contributed by atoms with Crippen LogP contribution >= 0.6 is 0 Å². The monoisotopic (exact) mass is 343 g/mol. The Labute approximate surface area is 142 Å². The van der Waals surface area contributed by atoms with Gasteiger partial charge in [-0.15, -0.1) is 0 Å². The van der Waals surface area contributed by atoms with Crippen LogP contribution in [0.2, 0.25) is 0 Å². The maximum absolute atomic E-state index is 13.0. The summed E-state index contributed by atoms with van der Waals surface area (Å²) in [6, 6.07) is 7.12. The molecule has 0 N–H and O–H groups in total. The average Bonchev–Trinajstić information content (AvgIpc) is 3.20. The van der Waals surface area contributed by atoms with Crippen molar-refractivity contribution in [2.45, 2.75) is 42.8 Å². The van der Waals surface area contributed by atoms with Crippen LogP contribution in [0.15, 0.2) is 52.5 Å². The molecule has 4 nitrogen and oxygen atoms in total. The second-order valence-electron chi connectivity index (χ2n) is 7.47. The summed E-state index contributed by atoms with van der Waals surface area (Å²) in [6.07, 6.45) is 7.82. The van der Waals surface area contributed by atoms with Crippen molar-refractivity contribution in [1.29, 1.82) is 0 Å². The highest BCUT2D eigenvalue weighted by Gasteiger charge is 2.58. The van der Waals surface area contributed by atoms with Gasteiger partial charge in [0.05, 0.1) is 11.0 Å². The van der Waals surface area contributed by atoms with Gasteiger partial charge in [0.2, 0.25) is 10.0 Å². The Bertz CT molecular complexity index is 868. The first kappa shape index (κ1) is 14.9. The van der Waals surface area contributed by atoms with Crippen LogP contribution < -0.4 is 0 Å². The Hall–Kier alpha value is -1.43. The highest BCUT2D eigenvalue weighted by Crippen LogP contribution is 2.53. The summed E-state index contributed by atoms with van der Waals surface area (Å²) in [6.45, 7) is 2.97. The van der Waals surface area contributed by atoms with E-state index < -0.39 is 15.6 Å². The Kier molecular flexibility index (Phi) is 2.98. The molecule has 5 rings (SSSR count). The highest BCUT2D eigenvalue weighted by atomic mass is 32.2. The van der Waals surface area contributed by atoms with E-state index in [4.69, 9.17) is 4.74 Å². The van der Waals surface area contributed by atoms with E-state index in [-0.39, 0.29) is 12.0 Å². The Morgan fingerprint density at radius 1 is 1.25 bits per heavy atom. The number of aryl methyl sites for hydroxylation is 1. The van der Waals surface area contributed by atoms with Gasteiger partial charge in [-0.3, -0.25) is 0 Å². The van der Waals surface area contributed by atoms with Gasteiger partial charge in [0.25, 0.3) is 0 Å². The predicted molar refractivity (Wildman–Crippen MR) is 91.0 cm³/mol. The zero-order chi connectivity index (χ0) is 16.5. The molecule has 3 aliphatic heterocycles. The third-order valence-corrected chi connectivity index (χ3v) is 7.80. The first-order valence-corrected chi connectivity index (χ1v) is 10.1. The lowest BCUT2D eigenvalue weighted by Crippen LogP contribution is -2.40. The van der Waals surface area contributed by atoms with Gasteiger partial charge < -0.3 is 4.74 Å². The summed E-state index contributed by atoms with van der Waals surface area (Å²) >= 11 is 0. The Morgan fingerprint density at radius 3 is 2.83 bits per heavy atom. The fourth-order valence-electron chi connectivity index (χ4n) is 4.73. The second kappa shape index (κ2) is 4.81. The maximum atomic E-state index is 13.0. The Morgan fingerprint density at radius 2 is 2.04 bits per heavy atom. The fourth-order valence-corrected chi connectivity index (χ4v) is 6.25. The number of nitrogens with zero attached hydrogens (tertiary/aromatic N) is 1. The van der Waals surface area contributed by atoms with E-state index in [2.05, 4.69) is 12.2 Å². The number of allylic oxidation sites excluding steroid dienone is 1. The van der Waals surface area contributed by atoms with Crippen LogP contribution in [0.4, 0.5) is 0 Å². The molecule has 4 aliphatic rings. The molecule has 0 amide bonds. The van der Waals surface area contributed by atoms with Crippen LogP contribution in [-0.2, 0) is 14.8 Å². The van der Waals surface area contributed by atoms with Crippen LogP contribution in [0.5, 0.6) is 0 Å². The van der Waals surface area contributed by atoms with Crippen molar-refractivity contribution in [1.82, 2.24) is 4.31 Å². The summed E-state index contributed by atoms with van der Waals surface area (Å²) < 4.78 is 34.0. The standard InChI is InChI=1S/C19H21NO3S/c1-13-5-7-16(8-6-13)24(21,22)20-11-15-9-18-17-4-2-3-14(17)10-19(15,12-20)23-18/h4-8,10,15,18H,2-3,9,11-12H2,1H3. The van der Waals surface area contributed by atoms with E-state index >= 15 is 0 Å². The quantitative estimate of drug-likeness (QED) is 0.829. The fraction of sp³-hybridized carbons (Fsp3) is 0.474. The summed E-state index contributed by atoms with van der Waals surface area (Å²) in [7, 11) is -3.45. The van der Waals surface area contributed by atoms with Gasteiger partial charge in [-0.25, -0.2) is 8.42 Å². The van der Waals surface area contributed by atoms with Crippen molar-refractivity contribution >= 4 is 10.0 Å². The van der Waals surface area contributed by atoms with Crippen LogP contribution in [-0.4, -0.2) is 37.5 Å². The lowest BCUT2D eigenvalue weighted by atomic mass is 9.90. The lowest BCUT2D eigenvalue weighted by Gasteiger charge is -2.32. The van der Waals surface area contributed by atoms with Gasteiger partial charge >= 0.3 is 0 Å². The summed E-state index contributed by atoms with van der Waals surface area (Å²) in [5.74, 6) is 0.265. The van der Waals surface area contributed by atoms with Crippen molar-refractivity contribution in [2.75, 3.05) is 13.1 Å². The molecule has 5 heteroatoms. The van der Waals surface area contributed by atoms with E-state index in [9.17, 15) is 8.42 Å². The van der Waals surface area contributed by atoms with E-state index in [0.29, 0.717) is 18.0 Å². The number of ether oxygens (including phenoxy) is 1. The molecule has 1 aromatic rings. The average molecular weight is 343 g/mol. The molecule has 2 fully saturated rings. The van der Waals surface area contributed by atoms with Gasteiger partial charge in [-0.05, 0) is 55.5 Å². The van der Waals surface area contributed by atoms with Crippen molar-refractivity contribution in [2.24, 2.45) is 5.92 Å². The SMILES string of the molecule is Cc1ccc(S(=O)(=O)N2CC3CC4OC3(C=C3CCC=C34)C2)cc1. The number of rotatable bonds is 2. The van der Waals surface area contributed by atoms with Gasteiger partial charge in [0.15, 0.2) is 0 Å². The van der Waals surface area contributed by atoms with Crippen LogP contribution in [0.25, 0.3) is 0 Å². The van der Waals surface area contributed by atoms with Crippen molar-refractivity contribution < 1.29 is 13.2 Å². The summed E-state index contributed by atoms with van der Waals surface area (Å²) in [5, 5.41) is 0. The molecule has 3 atom stereocenters. The number of sulfonamides is 1. The Balaban J connectivity index is 1.49. The molecule has 1 aromatic carbocycles. The van der Waals surface area contributed by atoms with E-state index in [1.54, 1.807) is 16.4 Å². The molecule has 3 unspecified atom stereocenters. The largest absolute Gasteiger partial charge is 0.361 e. The molecule has 24 heavy (non-hydrogen) atoms. The zero-order valence-electron chi connectivity index (χ0n) is 13.7. The third kappa shape index (κ3) is 1.95. The van der Waals surface area contributed by atoms with Gasteiger partial charge in [0.1, 0.15) is 5.60 Å². The van der Waals surface area contributed by atoms with E-state index in [1.165, 1.54) is 11.1 Å². The molecule has 1 spiro atoms. The minimum atomic E-state index is -3.45. The van der Waals surface area contributed by atoms with Crippen LogP contribution in [0.1, 0.15) is 24.8 Å². The first-order chi connectivity index (χ1) is 11.5. The summed E-state index contributed by atoms with van der Waals surface area (Å²) in [5.41, 5.74) is 3.42. The van der Waals surface area contributed by atoms with Gasteiger partial charge in [0, 0.05) is 19.0 Å². The molecular weight excluding hydrogens is 322 g/mol. The topological polar surface area (TPSA) is 46.6 Å². The summed E-state index contributed by atoms with van der Waals surface area (Å²) in [4.78, 5) is 0.380. The van der Waals surface area contributed by atoms with Crippen molar-refractivity contribution in [3.8, 4) is 0 Å². The molecular formula is C19H21NO3S. The first-order valence-electron chi connectivity index (χ1n) is 8.65. The minimum absolute atomic E-state index is 0.182. The molecule has 2 saturated heterocycles. The number of hydrogen-bond acceptors (Lipinski definition) is 3. The maximum Gasteiger partial charge on any atom is 0.243 e. The second-order valence-corrected chi connectivity index (χ2v) is 9.41. The van der Waals surface area contributed by atoms with Crippen molar-refractivity contribution in [3.05, 3.63) is 53.1 Å². The van der Waals surface area contributed by atoms with Crippen LogP contribution in [0.3, 0.4) is 0 Å². The number of benzene rings is 1. The molecule has 2 bridgehead atoms. The van der Waals surface area contributed by atoms with Crippen LogP contribution in [0, 0.1) is 12.8 Å². The third-order valence-electron chi connectivity index (χ3n) is 5.97. The molecule has 0 saturated carbocycles. The molecule has 3 heterocycles. The van der Waals surface area contributed by atoms with E-state index in [1.807, 2.05) is 19.1 Å². The van der Waals surface area contributed by atoms with Crippen molar-refractivity contribution in [3.63, 3.8) is 0 Å². The molecule has 126 valence electrons. The van der Waals surface area contributed by atoms with Gasteiger partial charge in [-0.1, -0.05) is 23.8 Å². The number of hydrogen-bond donors (Lipinski definition) is 0. The predicted octanol–water partition coefficient (Wildman–Crippen LogP) is 2.80. The molecule has 0 radical (unpaired) electrons. The number of fused-ring (bicyclic) bond motifs is 3. The highest BCUT2D eigenvalue weighted by molar-refractivity contribution is 7.89. The molecule has 0 aromatic heterocycles. The molecule has 1 aliphatic carbocycles. The zero-order valence-corrected chi connectivity index (χ0v) is 14.6. The normalized spacial score (nSPS) is 34.7. The van der Waals surface area contributed by atoms with Gasteiger partial charge in [-0.2, -0.15) is 4.31 Å².